The minimum absolute atomic E-state index is 0.0689. The lowest BCUT2D eigenvalue weighted by Crippen LogP contribution is -2.50. The third-order valence-corrected chi connectivity index (χ3v) is 8.76. The summed E-state index contributed by atoms with van der Waals surface area (Å²) in [6.07, 6.45) is -0.779. The molecule has 7 rings (SSSR count). The number of methoxy groups -OCH3 is 1. The van der Waals surface area contributed by atoms with Crippen LogP contribution in [0.15, 0.2) is 84.9 Å². The Balaban J connectivity index is 1.32. The van der Waals surface area contributed by atoms with E-state index >= 15 is 4.39 Å². The lowest BCUT2D eigenvalue weighted by atomic mass is 9.88. The molecule has 8 nitrogen and oxygen atoms in total. The molecule has 1 aliphatic heterocycles. The molecule has 11 heteroatoms. The predicted octanol–water partition coefficient (Wildman–Crippen LogP) is 7.28. The van der Waals surface area contributed by atoms with Gasteiger partial charge in [0.05, 0.1) is 42.5 Å². The molecule has 1 saturated carbocycles. The first-order valence-corrected chi connectivity index (χ1v) is 15.7. The zero-order valence-electron chi connectivity index (χ0n) is 26.5. The van der Waals surface area contributed by atoms with Crippen molar-refractivity contribution in [2.24, 2.45) is 0 Å². The van der Waals surface area contributed by atoms with Crippen molar-refractivity contribution in [2.45, 2.75) is 50.5 Å². The largest absolute Gasteiger partial charge is 0.493 e. The number of hydrogen-bond acceptors (Lipinski definition) is 6. The number of carbonyl (C=O) groups excluding carboxylic acids is 1. The lowest BCUT2D eigenvalue weighted by molar-refractivity contribution is -0.0901. The summed E-state index contributed by atoms with van der Waals surface area (Å²) in [5, 5.41) is 2.69. The van der Waals surface area contributed by atoms with Gasteiger partial charge in [-0.3, -0.25) is 4.79 Å². The number of halogens is 3. The molecule has 1 aromatic heterocycles. The van der Waals surface area contributed by atoms with Crippen LogP contribution in [0.1, 0.15) is 41.3 Å². The number of ether oxygens (including phenoxy) is 4. The van der Waals surface area contributed by atoms with Gasteiger partial charge in [0.1, 0.15) is 19.0 Å². The Labute approximate surface area is 275 Å². The van der Waals surface area contributed by atoms with Gasteiger partial charge in [-0.15, -0.1) is 0 Å². The number of carbonyl (C=O) groups is 1. The van der Waals surface area contributed by atoms with Crippen LogP contribution in [0.2, 0.25) is 0 Å². The molecule has 0 atom stereocenters. The fraction of sp³-hybridized carbons (Fsp3) is 0.297. The lowest BCUT2D eigenvalue weighted by Gasteiger charge is -2.41. The summed E-state index contributed by atoms with van der Waals surface area (Å²) in [5.41, 5.74) is 2.55. The van der Waals surface area contributed by atoms with Crippen LogP contribution < -0.4 is 19.5 Å². The summed E-state index contributed by atoms with van der Waals surface area (Å²) < 4.78 is 69.3. The number of fused-ring (bicyclic) bond motifs is 1. The highest BCUT2D eigenvalue weighted by Crippen LogP contribution is 2.47. The standard InChI is InChI=1S/C37H34F3N3O5/c1-36(21-46-22-36)43-29-15-25(35(44)41-26-17-37(39,40)18-26)13-14-28(29)42-34(43)27-16-30(45-2)32(47-19-23-9-5-3-6-10-23)33(31(27)38)48-20-24-11-7-4-8-12-24/h3-16,26H,17-22H2,1-2H3,(H,41,44). The molecule has 1 saturated heterocycles. The second-order valence-corrected chi connectivity index (χ2v) is 12.5. The third kappa shape index (κ3) is 6.06. The molecule has 248 valence electrons. The molecule has 2 fully saturated rings. The number of aromatic nitrogens is 2. The van der Waals surface area contributed by atoms with Crippen LogP contribution >= 0.6 is 0 Å². The van der Waals surface area contributed by atoms with E-state index in [0.717, 1.165) is 11.1 Å². The van der Waals surface area contributed by atoms with Crippen molar-refractivity contribution >= 4 is 16.9 Å². The Morgan fingerprint density at radius 1 is 0.938 bits per heavy atom. The Hall–Kier alpha value is -5.03. The normalized spacial score (nSPS) is 16.5. The first-order chi connectivity index (χ1) is 23.1. The monoisotopic (exact) mass is 657 g/mol. The molecule has 0 spiro atoms. The van der Waals surface area contributed by atoms with Gasteiger partial charge in [0.2, 0.25) is 11.5 Å². The van der Waals surface area contributed by atoms with Crippen molar-refractivity contribution in [1.82, 2.24) is 14.9 Å². The van der Waals surface area contributed by atoms with Gasteiger partial charge in [0.15, 0.2) is 11.6 Å². The highest BCUT2D eigenvalue weighted by atomic mass is 19.3. The Morgan fingerprint density at radius 3 is 2.12 bits per heavy atom. The van der Waals surface area contributed by atoms with Crippen molar-refractivity contribution in [1.29, 1.82) is 0 Å². The number of benzene rings is 4. The van der Waals surface area contributed by atoms with Crippen LogP contribution in [0.5, 0.6) is 17.2 Å². The summed E-state index contributed by atoms with van der Waals surface area (Å²) in [7, 11) is 1.47. The minimum atomic E-state index is -2.76. The van der Waals surface area contributed by atoms with Crippen LogP contribution in [0.25, 0.3) is 22.4 Å². The van der Waals surface area contributed by atoms with E-state index in [1.807, 2.05) is 72.2 Å². The van der Waals surface area contributed by atoms with Crippen molar-refractivity contribution in [3.8, 4) is 28.6 Å². The van der Waals surface area contributed by atoms with E-state index in [0.29, 0.717) is 24.2 Å². The molecule has 2 aliphatic rings. The molecule has 1 amide bonds. The first-order valence-electron chi connectivity index (χ1n) is 15.7. The summed E-state index contributed by atoms with van der Waals surface area (Å²) >= 11 is 0. The van der Waals surface area contributed by atoms with E-state index in [-0.39, 0.29) is 60.3 Å². The van der Waals surface area contributed by atoms with Gasteiger partial charge in [0, 0.05) is 24.4 Å². The van der Waals surface area contributed by atoms with Gasteiger partial charge in [0.25, 0.3) is 11.8 Å². The Bertz CT molecular complexity index is 1950. The molecule has 5 aromatic rings. The van der Waals surface area contributed by atoms with Crippen molar-refractivity contribution in [2.75, 3.05) is 20.3 Å². The Morgan fingerprint density at radius 2 is 1.56 bits per heavy atom. The summed E-state index contributed by atoms with van der Waals surface area (Å²) in [6, 6.07) is 24.7. The highest BCUT2D eigenvalue weighted by Gasteiger charge is 2.46. The van der Waals surface area contributed by atoms with Crippen LogP contribution in [0.3, 0.4) is 0 Å². The molecule has 0 radical (unpaired) electrons. The number of hydrogen-bond donors (Lipinski definition) is 1. The van der Waals surface area contributed by atoms with E-state index in [1.54, 1.807) is 18.2 Å². The van der Waals surface area contributed by atoms with Gasteiger partial charge >= 0.3 is 0 Å². The number of alkyl halides is 2. The van der Waals surface area contributed by atoms with Crippen LogP contribution in [-0.2, 0) is 23.5 Å². The minimum Gasteiger partial charge on any atom is -0.493 e. The van der Waals surface area contributed by atoms with E-state index in [1.165, 1.54) is 13.2 Å². The number of nitrogens with one attached hydrogen (secondary N) is 1. The number of nitrogens with zero attached hydrogens (tertiary/aromatic N) is 2. The first kappa shape index (κ1) is 31.6. The van der Waals surface area contributed by atoms with Crippen molar-refractivity contribution < 1.29 is 36.9 Å². The molecule has 4 aromatic carbocycles. The third-order valence-electron chi connectivity index (χ3n) is 8.76. The molecule has 1 N–H and O–H groups in total. The summed E-state index contributed by atoms with van der Waals surface area (Å²) in [4.78, 5) is 17.9. The maximum absolute atomic E-state index is 17.0. The van der Waals surface area contributed by atoms with Gasteiger partial charge in [-0.25, -0.2) is 18.2 Å². The molecule has 2 heterocycles. The van der Waals surface area contributed by atoms with Crippen molar-refractivity contribution in [3.63, 3.8) is 0 Å². The smallest absolute Gasteiger partial charge is 0.252 e. The van der Waals surface area contributed by atoms with Crippen molar-refractivity contribution in [3.05, 3.63) is 107 Å². The highest BCUT2D eigenvalue weighted by molar-refractivity contribution is 5.98. The molecule has 0 unspecified atom stereocenters. The van der Waals surface area contributed by atoms with Gasteiger partial charge in [-0.2, -0.15) is 0 Å². The second-order valence-electron chi connectivity index (χ2n) is 12.5. The van der Waals surface area contributed by atoms with Crippen LogP contribution in [0.4, 0.5) is 13.2 Å². The fourth-order valence-electron chi connectivity index (χ4n) is 6.14. The van der Waals surface area contributed by atoms with E-state index in [2.05, 4.69) is 5.32 Å². The van der Waals surface area contributed by atoms with Gasteiger partial charge in [-0.05, 0) is 42.3 Å². The topological polar surface area (TPSA) is 83.8 Å². The van der Waals surface area contributed by atoms with Crippen LogP contribution in [-0.4, -0.2) is 47.7 Å². The zero-order chi connectivity index (χ0) is 33.5. The number of rotatable bonds is 11. The maximum atomic E-state index is 17.0. The van der Waals surface area contributed by atoms with E-state index in [9.17, 15) is 13.6 Å². The quantitative estimate of drug-likeness (QED) is 0.161. The zero-order valence-corrected chi connectivity index (χ0v) is 26.5. The molecular formula is C37H34F3N3O5. The van der Waals surface area contributed by atoms with Gasteiger partial charge in [-0.1, -0.05) is 60.7 Å². The Kier molecular flexibility index (Phi) is 8.24. The molecule has 0 bridgehead atoms. The SMILES string of the molecule is COc1cc(-c2nc3ccc(C(=O)NC4CC(F)(F)C4)cc3n2C2(C)COC2)c(F)c(OCc2ccccc2)c1OCc1ccccc1. The van der Waals surface area contributed by atoms with Gasteiger partial charge < -0.3 is 28.8 Å². The van der Waals surface area contributed by atoms with E-state index in [4.69, 9.17) is 23.9 Å². The van der Waals surface area contributed by atoms with Crippen LogP contribution in [0, 0.1) is 5.82 Å². The molecule has 48 heavy (non-hydrogen) atoms. The fourth-order valence-corrected chi connectivity index (χ4v) is 6.14. The number of imidazole rings is 1. The second kappa shape index (κ2) is 12.5. The number of amides is 1. The molecular weight excluding hydrogens is 623 g/mol. The summed E-state index contributed by atoms with van der Waals surface area (Å²) in [6.45, 7) is 2.83. The average Bonchev–Trinajstić information content (AvgIpc) is 3.44. The average molecular weight is 658 g/mol. The maximum Gasteiger partial charge on any atom is 0.252 e. The van der Waals surface area contributed by atoms with E-state index < -0.39 is 29.2 Å². The predicted molar refractivity (Wildman–Crippen MR) is 173 cm³/mol. The summed E-state index contributed by atoms with van der Waals surface area (Å²) in [5.74, 6) is -3.41. The molecule has 1 aliphatic carbocycles.